The molecule has 5 aromatic rings. The molecule has 0 heterocycles. The fourth-order valence-corrected chi connectivity index (χ4v) is 4.98. The van der Waals surface area contributed by atoms with Crippen LogP contribution >= 0.6 is 0 Å². The Morgan fingerprint density at radius 3 is 1.18 bits per heavy atom. The molecule has 200 valence electrons. The SMILES string of the molecule is C=Cc1ccc(N(c2ccc(CCCC)cc2)c2ccc(N(c3ccc(C)cc3)c3ccc(C)cc3)cc2)cc1. The predicted molar refractivity (Wildman–Crippen MR) is 174 cm³/mol. The molecule has 0 atom stereocenters. The van der Waals surface area contributed by atoms with Gasteiger partial charge in [0.15, 0.2) is 0 Å². The van der Waals surface area contributed by atoms with Crippen molar-refractivity contribution in [1.29, 1.82) is 0 Å². The molecule has 0 N–H and O–H groups in total. The highest BCUT2D eigenvalue weighted by Crippen LogP contribution is 2.39. The van der Waals surface area contributed by atoms with Gasteiger partial charge in [-0.05, 0) is 111 Å². The predicted octanol–water partition coefficient (Wildman–Crippen LogP) is 11.2. The van der Waals surface area contributed by atoms with Gasteiger partial charge in [0.2, 0.25) is 0 Å². The molecular formula is C38H38N2. The summed E-state index contributed by atoms with van der Waals surface area (Å²) in [6, 6.07) is 43.9. The highest BCUT2D eigenvalue weighted by molar-refractivity contribution is 5.81. The molecular weight excluding hydrogens is 484 g/mol. The van der Waals surface area contributed by atoms with Crippen molar-refractivity contribution in [1.82, 2.24) is 0 Å². The van der Waals surface area contributed by atoms with E-state index >= 15 is 0 Å². The van der Waals surface area contributed by atoms with Gasteiger partial charge in [-0.15, -0.1) is 0 Å². The summed E-state index contributed by atoms with van der Waals surface area (Å²) in [4.78, 5) is 4.64. The van der Waals surface area contributed by atoms with Gasteiger partial charge < -0.3 is 9.80 Å². The number of hydrogen-bond acceptors (Lipinski definition) is 2. The maximum absolute atomic E-state index is 3.92. The minimum absolute atomic E-state index is 1.11. The zero-order valence-corrected chi connectivity index (χ0v) is 23.8. The van der Waals surface area contributed by atoms with E-state index in [0.717, 1.165) is 46.1 Å². The second-order valence-corrected chi connectivity index (χ2v) is 10.4. The maximum atomic E-state index is 3.92. The van der Waals surface area contributed by atoms with Gasteiger partial charge in [0.1, 0.15) is 0 Å². The van der Waals surface area contributed by atoms with Crippen LogP contribution in [0.3, 0.4) is 0 Å². The Bertz CT molecular complexity index is 1470. The van der Waals surface area contributed by atoms with E-state index in [4.69, 9.17) is 0 Å². The summed E-state index contributed by atoms with van der Waals surface area (Å²) < 4.78 is 0. The third-order valence-corrected chi connectivity index (χ3v) is 7.35. The van der Waals surface area contributed by atoms with E-state index in [9.17, 15) is 0 Å². The van der Waals surface area contributed by atoms with E-state index in [1.807, 2.05) is 6.08 Å². The van der Waals surface area contributed by atoms with Gasteiger partial charge in [-0.2, -0.15) is 0 Å². The zero-order chi connectivity index (χ0) is 27.9. The Kier molecular flexibility index (Phi) is 8.47. The molecule has 0 saturated carbocycles. The molecule has 2 nitrogen and oxygen atoms in total. The first-order chi connectivity index (χ1) is 19.6. The van der Waals surface area contributed by atoms with Crippen LogP contribution in [0, 0.1) is 13.8 Å². The summed E-state index contributed by atoms with van der Waals surface area (Å²) in [5, 5.41) is 0. The van der Waals surface area contributed by atoms with E-state index in [0.29, 0.717) is 0 Å². The number of aryl methyl sites for hydroxylation is 3. The third-order valence-electron chi connectivity index (χ3n) is 7.35. The van der Waals surface area contributed by atoms with Crippen molar-refractivity contribution in [3.63, 3.8) is 0 Å². The molecule has 0 bridgehead atoms. The summed E-state index contributed by atoms with van der Waals surface area (Å²) in [7, 11) is 0. The van der Waals surface area contributed by atoms with E-state index < -0.39 is 0 Å². The number of benzene rings is 5. The Balaban J connectivity index is 1.54. The van der Waals surface area contributed by atoms with Gasteiger partial charge in [-0.25, -0.2) is 0 Å². The van der Waals surface area contributed by atoms with Gasteiger partial charge in [-0.1, -0.05) is 85.7 Å². The lowest BCUT2D eigenvalue weighted by Crippen LogP contribution is -2.12. The molecule has 0 saturated heterocycles. The summed E-state index contributed by atoms with van der Waals surface area (Å²) in [6.07, 6.45) is 5.42. The van der Waals surface area contributed by atoms with Crippen LogP contribution < -0.4 is 9.80 Å². The van der Waals surface area contributed by atoms with Crippen molar-refractivity contribution in [2.45, 2.75) is 40.0 Å². The second-order valence-electron chi connectivity index (χ2n) is 10.4. The van der Waals surface area contributed by atoms with Crippen LogP contribution in [0.25, 0.3) is 6.08 Å². The smallest absolute Gasteiger partial charge is 0.0463 e. The summed E-state index contributed by atoms with van der Waals surface area (Å²) in [5.74, 6) is 0. The average molecular weight is 523 g/mol. The van der Waals surface area contributed by atoms with E-state index in [1.54, 1.807) is 0 Å². The first-order valence-corrected chi connectivity index (χ1v) is 14.2. The van der Waals surface area contributed by atoms with Crippen LogP contribution in [0.5, 0.6) is 0 Å². The van der Waals surface area contributed by atoms with Gasteiger partial charge in [0.25, 0.3) is 0 Å². The van der Waals surface area contributed by atoms with Crippen LogP contribution in [0.1, 0.15) is 42.0 Å². The van der Waals surface area contributed by atoms with Crippen molar-refractivity contribution in [3.05, 3.63) is 150 Å². The lowest BCUT2D eigenvalue weighted by molar-refractivity contribution is 0.795. The van der Waals surface area contributed by atoms with Crippen LogP contribution in [0.15, 0.2) is 128 Å². The van der Waals surface area contributed by atoms with Crippen LogP contribution in [-0.4, -0.2) is 0 Å². The molecule has 5 rings (SSSR count). The van der Waals surface area contributed by atoms with Gasteiger partial charge in [0, 0.05) is 34.1 Å². The molecule has 0 radical (unpaired) electrons. The van der Waals surface area contributed by atoms with Crippen LogP contribution in [0.2, 0.25) is 0 Å². The quantitative estimate of drug-likeness (QED) is 0.180. The van der Waals surface area contributed by atoms with Crippen molar-refractivity contribution in [3.8, 4) is 0 Å². The maximum Gasteiger partial charge on any atom is 0.0463 e. The molecule has 5 aromatic carbocycles. The lowest BCUT2D eigenvalue weighted by Gasteiger charge is -2.28. The Morgan fingerprint density at radius 1 is 0.500 bits per heavy atom. The van der Waals surface area contributed by atoms with Gasteiger partial charge in [0.05, 0.1) is 0 Å². The molecule has 0 aliphatic carbocycles. The van der Waals surface area contributed by atoms with Crippen molar-refractivity contribution < 1.29 is 0 Å². The topological polar surface area (TPSA) is 6.48 Å². The van der Waals surface area contributed by atoms with Crippen LogP contribution in [-0.2, 0) is 6.42 Å². The molecule has 0 aromatic heterocycles. The minimum Gasteiger partial charge on any atom is -0.311 e. The van der Waals surface area contributed by atoms with Crippen molar-refractivity contribution >= 4 is 40.2 Å². The number of anilines is 6. The molecule has 0 spiro atoms. The molecule has 0 aliphatic rings. The molecule has 0 unspecified atom stereocenters. The van der Waals surface area contributed by atoms with E-state index in [-0.39, 0.29) is 0 Å². The van der Waals surface area contributed by atoms with E-state index in [2.05, 4.69) is 158 Å². The third kappa shape index (κ3) is 6.18. The minimum atomic E-state index is 1.11. The summed E-state index contributed by atoms with van der Waals surface area (Å²) in [5.41, 5.74) is 11.8. The van der Waals surface area contributed by atoms with Gasteiger partial charge >= 0.3 is 0 Å². The largest absolute Gasteiger partial charge is 0.311 e. The highest BCUT2D eigenvalue weighted by Gasteiger charge is 2.16. The first kappa shape index (κ1) is 27.0. The zero-order valence-electron chi connectivity index (χ0n) is 23.8. The Hall–Kier alpha value is -4.56. The van der Waals surface area contributed by atoms with Gasteiger partial charge in [-0.3, -0.25) is 0 Å². The fourth-order valence-electron chi connectivity index (χ4n) is 4.98. The lowest BCUT2D eigenvalue weighted by atomic mass is 10.1. The fraction of sp³-hybridized carbons (Fsp3) is 0.158. The molecule has 40 heavy (non-hydrogen) atoms. The molecule has 0 aliphatic heterocycles. The monoisotopic (exact) mass is 522 g/mol. The molecule has 0 fully saturated rings. The Labute approximate surface area is 239 Å². The average Bonchev–Trinajstić information content (AvgIpc) is 3.00. The Morgan fingerprint density at radius 2 is 0.825 bits per heavy atom. The van der Waals surface area contributed by atoms with Crippen molar-refractivity contribution in [2.24, 2.45) is 0 Å². The molecule has 0 amide bonds. The highest BCUT2D eigenvalue weighted by atomic mass is 15.2. The van der Waals surface area contributed by atoms with E-state index in [1.165, 1.54) is 29.5 Å². The summed E-state index contributed by atoms with van der Waals surface area (Å²) in [6.45, 7) is 10.4. The normalized spacial score (nSPS) is 10.8. The van der Waals surface area contributed by atoms with Crippen LogP contribution in [0.4, 0.5) is 34.1 Å². The number of nitrogens with zero attached hydrogens (tertiary/aromatic N) is 2. The molecule has 2 heteroatoms. The number of unbranched alkanes of at least 4 members (excludes halogenated alkanes) is 1. The summed E-state index contributed by atoms with van der Waals surface area (Å²) >= 11 is 0. The standard InChI is InChI=1S/C38H38N2/c1-5-7-8-32-15-23-36(24-16-32)40(35-21-13-31(6-2)14-22-35)38-27-25-37(26-28-38)39(33-17-9-29(3)10-18-33)34-19-11-30(4)12-20-34/h6,9-28H,2,5,7-8H2,1,3-4H3. The first-order valence-electron chi connectivity index (χ1n) is 14.2. The van der Waals surface area contributed by atoms with Crippen molar-refractivity contribution in [2.75, 3.05) is 9.80 Å². The number of rotatable bonds is 10. The second kappa shape index (κ2) is 12.5. The number of hydrogen-bond donors (Lipinski definition) is 0.